The predicted octanol–water partition coefficient (Wildman–Crippen LogP) is 1.63. The van der Waals surface area contributed by atoms with Gasteiger partial charge in [-0.1, -0.05) is 11.6 Å². The molecular formula is C11H22N2. The van der Waals surface area contributed by atoms with Crippen LogP contribution in [0.5, 0.6) is 0 Å². The lowest BCUT2D eigenvalue weighted by molar-refractivity contribution is 0.327. The molecule has 0 aromatic carbocycles. The Labute approximate surface area is 82.0 Å². The van der Waals surface area contributed by atoms with Gasteiger partial charge in [-0.05, 0) is 34.2 Å². The average molecular weight is 182 g/mol. The standard InChI is InChI=1S/C11H22N2/c1-9(2)5-6-12-11-7-10(3)13(4)8-11/h5,10-12H,6-8H2,1-4H3. The second-order valence-electron chi connectivity index (χ2n) is 4.41. The van der Waals surface area contributed by atoms with Crippen molar-refractivity contribution in [3.05, 3.63) is 11.6 Å². The minimum Gasteiger partial charge on any atom is -0.309 e. The summed E-state index contributed by atoms with van der Waals surface area (Å²) in [6, 6.07) is 1.43. The van der Waals surface area contributed by atoms with Crippen molar-refractivity contribution in [2.24, 2.45) is 0 Å². The van der Waals surface area contributed by atoms with Crippen molar-refractivity contribution >= 4 is 0 Å². The molecule has 2 unspecified atom stereocenters. The van der Waals surface area contributed by atoms with E-state index in [2.05, 4.69) is 44.1 Å². The van der Waals surface area contributed by atoms with Crippen molar-refractivity contribution in [2.45, 2.75) is 39.3 Å². The Bertz CT molecular complexity index is 173. The fourth-order valence-corrected chi connectivity index (χ4v) is 1.77. The minimum atomic E-state index is 0.690. The van der Waals surface area contributed by atoms with E-state index in [1.54, 1.807) is 0 Å². The molecule has 0 aromatic rings. The van der Waals surface area contributed by atoms with Crippen LogP contribution in [0.1, 0.15) is 27.2 Å². The maximum Gasteiger partial charge on any atom is 0.0212 e. The van der Waals surface area contributed by atoms with E-state index in [-0.39, 0.29) is 0 Å². The molecule has 1 fully saturated rings. The number of hydrogen-bond acceptors (Lipinski definition) is 2. The van der Waals surface area contributed by atoms with Crippen molar-refractivity contribution < 1.29 is 0 Å². The van der Waals surface area contributed by atoms with E-state index in [9.17, 15) is 0 Å². The molecule has 2 nitrogen and oxygen atoms in total. The molecule has 0 aliphatic carbocycles. The molecule has 0 spiro atoms. The van der Waals surface area contributed by atoms with Crippen molar-refractivity contribution in [3.8, 4) is 0 Å². The number of nitrogens with zero attached hydrogens (tertiary/aromatic N) is 1. The molecule has 2 heteroatoms. The Morgan fingerprint density at radius 2 is 2.23 bits per heavy atom. The molecule has 76 valence electrons. The summed E-state index contributed by atoms with van der Waals surface area (Å²) in [5, 5.41) is 3.56. The number of likely N-dealkylation sites (tertiary alicyclic amines) is 1. The molecule has 0 bridgehead atoms. The van der Waals surface area contributed by atoms with Crippen LogP contribution < -0.4 is 5.32 Å². The number of rotatable bonds is 3. The molecule has 1 heterocycles. The maximum absolute atomic E-state index is 3.56. The molecule has 1 rings (SSSR count). The van der Waals surface area contributed by atoms with Crippen LogP contribution in [0.25, 0.3) is 0 Å². The number of allylic oxidation sites excluding steroid dienone is 1. The van der Waals surface area contributed by atoms with Gasteiger partial charge in [0.1, 0.15) is 0 Å². The van der Waals surface area contributed by atoms with E-state index in [1.807, 2.05) is 0 Å². The Hall–Kier alpha value is -0.340. The summed E-state index contributed by atoms with van der Waals surface area (Å²) in [6.45, 7) is 8.80. The second-order valence-corrected chi connectivity index (χ2v) is 4.41. The van der Waals surface area contributed by atoms with E-state index in [0.29, 0.717) is 6.04 Å². The first-order valence-electron chi connectivity index (χ1n) is 5.16. The van der Waals surface area contributed by atoms with E-state index in [0.717, 1.165) is 12.6 Å². The topological polar surface area (TPSA) is 15.3 Å². The molecule has 0 saturated carbocycles. The zero-order valence-corrected chi connectivity index (χ0v) is 9.30. The second kappa shape index (κ2) is 4.77. The Morgan fingerprint density at radius 3 is 2.69 bits per heavy atom. The fraction of sp³-hybridized carbons (Fsp3) is 0.818. The smallest absolute Gasteiger partial charge is 0.0212 e. The Balaban J connectivity index is 2.21. The fourth-order valence-electron chi connectivity index (χ4n) is 1.77. The van der Waals surface area contributed by atoms with Crippen LogP contribution in [0.3, 0.4) is 0 Å². The van der Waals surface area contributed by atoms with Crippen LogP contribution in [0.4, 0.5) is 0 Å². The lowest BCUT2D eigenvalue weighted by Crippen LogP contribution is -2.31. The molecule has 13 heavy (non-hydrogen) atoms. The maximum atomic E-state index is 3.56. The highest BCUT2D eigenvalue weighted by Crippen LogP contribution is 2.14. The third kappa shape index (κ3) is 3.49. The number of hydrogen-bond donors (Lipinski definition) is 1. The SMILES string of the molecule is CC(C)=CCNC1CC(C)N(C)C1. The van der Waals surface area contributed by atoms with Gasteiger partial charge in [0, 0.05) is 25.2 Å². The van der Waals surface area contributed by atoms with Gasteiger partial charge in [-0.3, -0.25) is 0 Å². The van der Waals surface area contributed by atoms with Gasteiger partial charge >= 0.3 is 0 Å². The molecule has 0 amide bonds. The summed E-state index contributed by atoms with van der Waals surface area (Å²) < 4.78 is 0. The quantitative estimate of drug-likeness (QED) is 0.667. The van der Waals surface area contributed by atoms with Gasteiger partial charge in [-0.15, -0.1) is 0 Å². The summed E-state index contributed by atoms with van der Waals surface area (Å²) in [6.07, 6.45) is 3.54. The van der Waals surface area contributed by atoms with Gasteiger partial charge in [0.15, 0.2) is 0 Å². The van der Waals surface area contributed by atoms with Gasteiger partial charge in [-0.2, -0.15) is 0 Å². The van der Waals surface area contributed by atoms with E-state index < -0.39 is 0 Å². The van der Waals surface area contributed by atoms with Crippen molar-refractivity contribution in [1.82, 2.24) is 10.2 Å². The van der Waals surface area contributed by atoms with Gasteiger partial charge in [0.2, 0.25) is 0 Å². The summed E-state index contributed by atoms with van der Waals surface area (Å²) >= 11 is 0. The average Bonchev–Trinajstić information content (AvgIpc) is 2.30. The first kappa shape index (κ1) is 10.7. The summed E-state index contributed by atoms with van der Waals surface area (Å²) in [5.41, 5.74) is 1.40. The Morgan fingerprint density at radius 1 is 1.54 bits per heavy atom. The monoisotopic (exact) mass is 182 g/mol. The molecule has 0 radical (unpaired) electrons. The third-order valence-corrected chi connectivity index (χ3v) is 2.80. The molecule has 1 saturated heterocycles. The molecule has 1 N–H and O–H groups in total. The Kier molecular flexibility index (Phi) is 3.94. The minimum absolute atomic E-state index is 0.690. The first-order valence-corrected chi connectivity index (χ1v) is 5.16. The highest BCUT2D eigenvalue weighted by molar-refractivity contribution is 4.96. The van der Waals surface area contributed by atoms with Crippen LogP contribution in [-0.2, 0) is 0 Å². The van der Waals surface area contributed by atoms with Gasteiger partial charge < -0.3 is 10.2 Å². The van der Waals surface area contributed by atoms with Crippen molar-refractivity contribution in [3.63, 3.8) is 0 Å². The van der Waals surface area contributed by atoms with E-state index >= 15 is 0 Å². The lowest BCUT2D eigenvalue weighted by atomic mass is 10.2. The molecular weight excluding hydrogens is 160 g/mol. The largest absolute Gasteiger partial charge is 0.309 e. The van der Waals surface area contributed by atoms with Crippen LogP contribution in [0.15, 0.2) is 11.6 Å². The van der Waals surface area contributed by atoms with Crippen molar-refractivity contribution in [1.29, 1.82) is 0 Å². The van der Waals surface area contributed by atoms with Crippen LogP contribution in [0, 0.1) is 0 Å². The van der Waals surface area contributed by atoms with Gasteiger partial charge in [-0.25, -0.2) is 0 Å². The van der Waals surface area contributed by atoms with E-state index in [1.165, 1.54) is 18.5 Å². The lowest BCUT2D eigenvalue weighted by Gasteiger charge is -2.12. The molecule has 0 aromatic heterocycles. The van der Waals surface area contributed by atoms with Gasteiger partial charge in [0.05, 0.1) is 0 Å². The molecule has 1 aliphatic rings. The zero-order chi connectivity index (χ0) is 9.84. The third-order valence-electron chi connectivity index (χ3n) is 2.80. The van der Waals surface area contributed by atoms with Crippen LogP contribution >= 0.6 is 0 Å². The highest BCUT2D eigenvalue weighted by Gasteiger charge is 2.24. The van der Waals surface area contributed by atoms with Gasteiger partial charge in [0.25, 0.3) is 0 Å². The summed E-state index contributed by atoms with van der Waals surface area (Å²) in [4.78, 5) is 2.42. The van der Waals surface area contributed by atoms with Crippen LogP contribution in [0.2, 0.25) is 0 Å². The molecule has 2 atom stereocenters. The van der Waals surface area contributed by atoms with Crippen molar-refractivity contribution in [2.75, 3.05) is 20.1 Å². The highest BCUT2D eigenvalue weighted by atomic mass is 15.2. The molecule has 1 aliphatic heterocycles. The zero-order valence-electron chi connectivity index (χ0n) is 9.30. The number of nitrogens with one attached hydrogen (secondary N) is 1. The van der Waals surface area contributed by atoms with Crippen LogP contribution in [-0.4, -0.2) is 37.1 Å². The first-order chi connectivity index (χ1) is 6.09. The number of likely N-dealkylation sites (N-methyl/N-ethyl adjacent to an activating group) is 1. The summed E-state index contributed by atoms with van der Waals surface area (Å²) in [5.74, 6) is 0. The summed E-state index contributed by atoms with van der Waals surface area (Å²) in [7, 11) is 2.20. The van der Waals surface area contributed by atoms with E-state index in [4.69, 9.17) is 0 Å². The normalized spacial score (nSPS) is 29.2. The predicted molar refractivity (Wildman–Crippen MR) is 57.9 cm³/mol.